The van der Waals surface area contributed by atoms with E-state index >= 15 is 0 Å². The second kappa shape index (κ2) is 6.37. The van der Waals surface area contributed by atoms with E-state index in [-0.39, 0.29) is 11.0 Å². The third-order valence-corrected chi connectivity index (χ3v) is 4.18. The molecule has 3 aromatic rings. The number of hydrogen-bond donors (Lipinski definition) is 1. The molecule has 0 aliphatic carbocycles. The minimum Gasteiger partial charge on any atom is -0.382 e. The van der Waals surface area contributed by atoms with Crippen LogP contribution in [0.1, 0.15) is 35.5 Å². The minimum absolute atomic E-state index is 0.255. The number of hydrogen-bond acceptors (Lipinski definition) is 3. The fourth-order valence-corrected chi connectivity index (χ4v) is 2.93. The summed E-state index contributed by atoms with van der Waals surface area (Å²) in [7, 11) is 0. The highest BCUT2D eigenvalue weighted by molar-refractivity contribution is 6.30. The minimum atomic E-state index is -0.983. The van der Waals surface area contributed by atoms with E-state index in [2.05, 4.69) is 10.2 Å². The Balaban J connectivity index is 2.10. The Bertz CT molecular complexity index is 887. The monoisotopic (exact) mass is 348 g/mol. The van der Waals surface area contributed by atoms with E-state index in [1.54, 1.807) is 34.6 Å². The number of aliphatic hydroxyl groups excluding tert-OH is 1. The van der Waals surface area contributed by atoms with Crippen molar-refractivity contribution in [3.05, 3.63) is 63.9 Å². The summed E-state index contributed by atoms with van der Waals surface area (Å²) in [6.07, 6.45) is 0.737. The molecule has 126 valence electrons. The summed E-state index contributed by atoms with van der Waals surface area (Å²) >= 11 is 6.15. The van der Waals surface area contributed by atoms with Crippen LogP contribution in [-0.4, -0.2) is 24.7 Å². The van der Waals surface area contributed by atoms with Crippen LogP contribution in [0.2, 0.25) is 5.15 Å². The van der Waals surface area contributed by atoms with Gasteiger partial charge in [0.1, 0.15) is 11.9 Å². The van der Waals surface area contributed by atoms with Crippen molar-refractivity contribution >= 4 is 11.6 Å². The second-order valence-electron chi connectivity index (χ2n) is 5.69. The second-order valence-corrected chi connectivity index (χ2v) is 6.04. The number of aromatic nitrogens is 4. The molecular formula is C17H18ClFN4O. The Labute approximate surface area is 144 Å². The molecule has 24 heavy (non-hydrogen) atoms. The molecule has 0 fully saturated rings. The van der Waals surface area contributed by atoms with Gasteiger partial charge in [-0.1, -0.05) is 11.6 Å². The Morgan fingerprint density at radius 2 is 2.00 bits per heavy atom. The summed E-state index contributed by atoms with van der Waals surface area (Å²) in [5.74, 6) is -0.311. The molecule has 5 nitrogen and oxygen atoms in total. The smallest absolute Gasteiger partial charge is 0.157 e. The lowest BCUT2D eigenvalue weighted by Gasteiger charge is -2.14. The first-order chi connectivity index (χ1) is 11.4. The van der Waals surface area contributed by atoms with Crippen LogP contribution in [0.15, 0.2) is 30.5 Å². The van der Waals surface area contributed by atoms with Crippen molar-refractivity contribution in [1.82, 2.24) is 19.6 Å². The van der Waals surface area contributed by atoms with E-state index in [0.717, 1.165) is 11.3 Å². The number of nitrogens with zero attached hydrogens (tertiary/aromatic N) is 4. The van der Waals surface area contributed by atoms with Crippen molar-refractivity contribution in [1.29, 1.82) is 0 Å². The van der Waals surface area contributed by atoms with Crippen LogP contribution in [0, 0.1) is 19.7 Å². The van der Waals surface area contributed by atoms with Gasteiger partial charge in [0.15, 0.2) is 5.15 Å². The highest BCUT2D eigenvalue weighted by atomic mass is 35.5. The number of aryl methyl sites for hydroxylation is 3. The van der Waals surface area contributed by atoms with Crippen LogP contribution in [0.4, 0.5) is 4.39 Å². The first-order valence-corrected chi connectivity index (χ1v) is 8.02. The van der Waals surface area contributed by atoms with Crippen LogP contribution in [-0.2, 0) is 6.54 Å². The van der Waals surface area contributed by atoms with E-state index in [9.17, 15) is 9.50 Å². The average molecular weight is 349 g/mol. The predicted octanol–water partition coefficient (Wildman–Crippen LogP) is 3.58. The highest BCUT2D eigenvalue weighted by Gasteiger charge is 2.23. The SMILES string of the molecule is CCn1cc(C(O)c2cc(C)nn2-c2ccc(F)cc2C)c(Cl)n1. The molecule has 0 radical (unpaired) electrons. The summed E-state index contributed by atoms with van der Waals surface area (Å²) in [6.45, 7) is 6.23. The number of benzene rings is 1. The van der Waals surface area contributed by atoms with Crippen LogP contribution in [0.5, 0.6) is 0 Å². The molecule has 0 spiro atoms. The van der Waals surface area contributed by atoms with Gasteiger partial charge in [0, 0.05) is 18.3 Å². The third kappa shape index (κ3) is 2.95. The summed E-state index contributed by atoms with van der Waals surface area (Å²) in [5.41, 5.74) is 3.24. The Kier molecular flexibility index (Phi) is 4.43. The maximum atomic E-state index is 13.4. The molecule has 1 unspecified atom stereocenters. The molecule has 1 N–H and O–H groups in total. The van der Waals surface area contributed by atoms with Gasteiger partial charge >= 0.3 is 0 Å². The van der Waals surface area contributed by atoms with Crippen molar-refractivity contribution in [2.45, 2.75) is 33.4 Å². The Morgan fingerprint density at radius 1 is 1.25 bits per heavy atom. The van der Waals surface area contributed by atoms with E-state index in [4.69, 9.17) is 11.6 Å². The van der Waals surface area contributed by atoms with Crippen LogP contribution >= 0.6 is 11.6 Å². The van der Waals surface area contributed by atoms with E-state index in [1.165, 1.54) is 12.1 Å². The standard InChI is InChI=1S/C17H18ClFN4O/c1-4-22-9-13(17(18)21-22)16(24)15-8-11(3)20-23(15)14-6-5-12(19)7-10(14)2/h5-9,16,24H,4H2,1-3H3. The van der Waals surface area contributed by atoms with Gasteiger partial charge in [-0.3, -0.25) is 4.68 Å². The summed E-state index contributed by atoms with van der Waals surface area (Å²) in [6, 6.07) is 6.24. The summed E-state index contributed by atoms with van der Waals surface area (Å²) in [4.78, 5) is 0. The van der Waals surface area contributed by atoms with Gasteiger partial charge in [-0.2, -0.15) is 10.2 Å². The zero-order valence-corrected chi connectivity index (χ0v) is 14.4. The molecule has 0 bridgehead atoms. The van der Waals surface area contributed by atoms with Gasteiger partial charge < -0.3 is 5.11 Å². The van der Waals surface area contributed by atoms with Crippen LogP contribution < -0.4 is 0 Å². The lowest BCUT2D eigenvalue weighted by atomic mass is 10.1. The fraction of sp³-hybridized carbons (Fsp3) is 0.294. The van der Waals surface area contributed by atoms with Crippen molar-refractivity contribution in [3.63, 3.8) is 0 Å². The maximum absolute atomic E-state index is 13.4. The van der Waals surface area contributed by atoms with Gasteiger partial charge in [-0.05, 0) is 50.6 Å². The lowest BCUT2D eigenvalue weighted by Crippen LogP contribution is -2.10. The largest absolute Gasteiger partial charge is 0.382 e. The molecule has 1 aromatic carbocycles. The summed E-state index contributed by atoms with van der Waals surface area (Å²) < 4.78 is 16.7. The van der Waals surface area contributed by atoms with Gasteiger partial charge in [0.05, 0.1) is 17.1 Å². The van der Waals surface area contributed by atoms with Crippen molar-refractivity contribution in [3.8, 4) is 5.69 Å². The molecule has 7 heteroatoms. The van der Waals surface area contributed by atoms with Gasteiger partial charge in [0.25, 0.3) is 0 Å². The molecule has 0 aliphatic rings. The normalized spacial score (nSPS) is 12.6. The van der Waals surface area contributed by atoms with E-state index in [0.29, 0.717) is 23.5 Å². The van der Waals surface area contributed by atoms with Crippen molar-refractivity contribution in [2.75, 3.05) is 0 Å². The van der Waals surface area contributed by atoms with Crippen molar-refractivity contribution in [2.24, 2.45) is 0 Å². The fourth-order valence-electron chi connectivity index (χ4n) is 2.68. The number of halogens is 2. The molecular weight excluding hydrogens is 331 g/mol. The van der Waals surface area contributed by atoms with E-state index < -0.39 is 6.10 Å². The van der Waals surface area contributed by atoms with Crippen molar-refractivity contribution < 1.29 is 9.50 Å². The van der Waals surface area contributed by atoms with Gasteiger partial charge in [0.2, 0.25) is 0 Å². The van der Waals surface area contributed by atoms with Crippen LogP contribution in [0.25, 0.3) is 5.69 Å². The maximum Gasteiger partial charge on any atom is 0.157 e. The predicted molar refractivity (Wildman–Crippen MR) is 90.0 cm³/mol. The van der Waals surface area contributed by atoms with Gasteiger partial charge in [-0.15, -0.1) is 0 Å². The van der Waals surface area contributed by atoms with Crippen LogP contribution in [0.3, 0.4) is 0 Å². The molecule has 0 saturated carbocycles. The first kappa shape index (κ1) is 16.7. The molecule has 0 saturated heterocycles. The van der Waals surface area contributed by atoms with Gasteiger partial charge in [-0.25, -0.2) is 9.07 Å². The molecule has 3 rings (SSSR count). The highest BCUT2D eigenvalue weighted by Crippen LogP contribution is 2.30. The molecule has 0 aliphatic heterocycles. The molecule has 2 heterocycles. The molecule has 2 aromatic heterocycles. The zero-order chi connectivity index (χ0) is 17.4. The Morgan fingerprint density at radius 3 is 2.62 bits per heavy atom. The molecule has 0 amide bonds. The zero-order valence-electron chi connectivity index (χ0n) is 13.7. The van der Waals surface area contributed by atoms with E-state index in [1.807, 2.05) is 13.8 Å². The quantitative estimate of drug-likeness (QED) is 0.784. The Hall–Kier alpha value is -2.18. The third-order valence-electron chi connectivity index (χ3n) is 3.89. The first-order valence-electron chi connectivity index (χ1n) is 7.64. The molecule has 1 atom stereocenters. The number of aliphatic hydroxyl groups is 1. The average Bonchev–Trinajstić information content (AvgIpc) is 3.09. The topological polar surface area (TPSA) is 55.9 Å². The lowest BCUT2D eigenvalue weighted by molar-refractivity contribution is 0.212. The summed E-state index contributed by atoms with van der Waals surface area (Å²) in [5, 5.41) is 19.7. The number of rotatable bonds is 4.